The monoisotopic (exact) mass is 263 g/mol. The van der Waals surface area contributed by atoms with E-state index in [0.29, 0.717) is 12.5 Å². The number of nitrogens with one attached hydrogen (secondary N) is 1. The summed E-state index contributed by atoms with van der Waals surface area (Å²) in [6.45, 7) is 0.690. The second-order valence-electron chi connectivity index (χ2n) is 3.85. The summed E-state index contributed by atoms with van der Waals surface area (Å²) in [5, 5.41) is 3.06. The lowest BCUT2D eigenvalue weighted by molar-refractivity contribution is 0.581. The van der Waals surface area contributed by atoms with E-state index < -0.39 is 11.6 Å². The van der Waals surface area contributed by atoms with Gasteiger partial charge >= 0.3 is 0 Å². The van der Waals surface area contributed by atoms with Crippen molar-refractivity contribution >= 4 is 29.1 Å². The Morgan fingerprint density at radius 2 is 2.25 bits per heavy atom. The normalized spacial score (nSPS) is 20.1. The molecule has 88 valence electrons. The molecule has 1 heterocycles. The second kappa shape index (κ2) is 5.23. The molecule has 0 bridgehead atoms. The molecule has 0 aromatic heterocycles. The van der Waals surface area contributed by atoms with Crippen molar-refractivity contribution in [2.45, 2.75) is 6.42 Å². The van der Waals surface area contributed by atoms with Gasteiger partial charge in [0, 0.05) is 12.6 Å². The molecule has 1 atom stereocenters. The van der Waals surface area contributed by atoms with Gasteiger partial charge in [-0.2, -0.15) is 11.8 Å². The Labute approximate surface area is 103 Å². The van der Waals surface area contributed by atoms with Gasteiger partial charge in [0.05, 0.1) is 10.7 Å². The van der Waals surface area contributed by atoms with Crippen LogP contribution in [0.5, 0.6) is 0 Å². The van der Waals surface area contributed by atoms with E-state index in [1.54, 1.807) is 0 Å². The van der Waals surface area contributed by atoms with E-state index >= 15 is 0 Å². The molecule has 1 saturated heterocycles. The molecule has 0 aliphatic carbocycles. The fourth-order valence-corrected chi connectivity index (χ4v) is 3.25. The van der Waals surface area contributed by atoms with Gasteiger partial charge in [0.2, 0.25) is 0 Å². The van der Waals surface area contributed by atoms with Gasteiger partial charge in [-0.1, -0.05) is 11.6 Å². The third-order valence-corrected chi connectivity index (χ3v) is 4.13. The molecule has 0 saturated carbocycles. The van der Waals surface area contributed by atoms with E-state index in [4.69, 9.17) is 11.6 Å². The van der Waals surface area contributed by atoms with E-state index in [0.717, 1.165) is 30.1 Å². The lowest BCUT2D eigenvalue weighted by atomic mass is 10.1. The summed E-state index contributed by atoms with van der Waals surface area (Å²) in [6.07, 6.45) is 1.14. The topological polar surface area (TPSA) is 12.0 Å². The summed E-state index contributed by atoms with van der Waals surface area (Å²) in [6, 6.07) is 1.97. The maximum atomic E-state index is 13.4. The minimum Gasteiger partial charge on any atom is -0.381 e. The van der Waals surface area contributed by atoms with Gasteiger partial charge in [-0.3, -0.25) is 0 Å². The molecule has 2 rings (SSSR count). The Morgan fingerprint density at radius 3 is 2.88 bits per heavy atom. The van der Waals surface area contributed by atoms with Crippen molar-refractivity contribution in [3.63, 3.8) is 0 Å². The number of anilines is 1. The summed E-state index contributed by atoms with van der Waals surface area (Å²) in [5.74, 6) is 1.52. The zero-order valence-electron chi connectivity index (χ0n) is 8.60. The van der Waals surface area contributed by atoms with Crippen LogP contribution >= 0.6 is 23.4 Å². The highest BCUT2D eigenvalue weighted by Gasteiger charge is 2.17. The van der Waals surface area contributed by atoms with E-state index in [1.165, 1.54) is 0 Å². The number of halogens is 3. The number of thioether (sulfide) groups is 1. The third-order valence-electron chi connectivity index (χ3n) is 2.60. The van der Waals surface area contributed by atoms with E-state index in [2.05, 4.69) is 5.32 Å². The van der Waals surface area contributed by atoms with Crippen LogP contribution in [0.3, 0.4) is 0 Å². The molecule has 1 aliphatic rings. The minimum absolute atomic E-state index is 0.100. The lowest BCUT2D eigenvalue weighted by Crippen LogP contribution is -2.14. The highest BCUT2D eigenvalue weighted by Crippen LogP contribution is 2.28. The molecule has 1 fully saturated rings. The van der Waals surface area contributed by atoms with Crippen molar-refractivity contribution in [1.29, 1.82) is 0 Å². The maximum absolute atomic E-state index is 13.4. The van der Waals surface area contributed by atoms with Crippen molar-refractivity contribution in [3.05, 3.63) is 28.8 Å². The summed E-state index contributed by atoms with van der Waals surface area (Å²) in [5.41, 5.74) is 0.208. The van der Waals surface area contributed by atoms with Crippen LogP contribution in [0.2, 0.25) is 5.02 Å². The van der Waals surface area contributed by atoms with Crippen molar-refractivity contribution in [2.75, 3.05) is 23.4 Å². The number of benzene rings is 1. The first-order chi connectivity index (χ1) is 7.66. The minimum atomic E-state index is -0.649. The predicted octanol–water partition coefficient (Wildman–Crippen LogP) is 3.78. The number of hydrogen-bond donors (Lipinski definition) is 1. The largest absolute Gasteiger partial charge is 0.381 e. The Balaban J connectivity index is 2.03. The summed E-state index contributed by atoms with van der Waals surface area (Å²) >= 11 is 7.67. The van der Waals surface area contributed by atoms with Gasteiger partial charge < -0.3 is 5.32 Å². The Bertz CT molecular complexity index is 357. The quantitative estimate of drug-likeness (QED) is 0.891. The van der Waals surface area contributed by atoms with Crippen LogP contribution in [-0.4, -0.2) is 18.1 Å². The molecule has 1 aromatic rings. The SMILES string of the molecule is Fc1cc(F)c(NCC2CCSC2)c(Cl)c1. The molecule has 1 unspecified atom stereocenters. The zero-order chi connectivity index (χ0) is 11.5. The van der Waals surface area contributed by atoms with Crippen LogP contribution in [0, 0.1) is 17.6 Å². The fraction of sp³-hybridized carbons (Fsp3) is 0.455. The first kappa shape index (κ1) is 12.0. The van der Waals surface area contributed by atoms with Gasteiger partial charge in [-0.05, 0) is 29.9 Å². The third kappa shape index (κ3) is 2.80. The zero-order valence-corrected chi connectivity index (χ0v) is 10.2. The predicted molar refractivity (Wildman–Crippen MR) is 65.3 cm³/mol. The molecule has 16 heavy (non-hydrogen) atoms. The molecular formula is C11H12ClF2NS. The first-order valence-electron chi connectivity index (χ1n) is 5.13. The summed E-state index contributed by atoms with van der Waals surface area (Å²) in [7, 11) is 0. The molecule has 1 aromatic carbocycles. The van der Waals surface area contributed by atoms with Crippen molar-refractivity contribution in [3.8, 4) is 0 Å². The summed E-state index contributed by atoms with van der Waals surface area (Å²) < 4.78 is 26.2. The van der Waals surface area contributed by atoms with Crippen molar-refractivity contribution < 1.29 is 8.78 Å². The van der Waals surface area contributed by atoms with Crippen LogP contribution in [0.1, 0.15) is 6.42 Å². The van der Waals surface area contributed by atoms with E-state index in [1.807, 2.05) is 11.8 Å². The molecule has 1 aliphatic heterocycles. The van der Waals surface area contributed by atoms with Crippen LogP contribution < -0.4 is 5.32 Å². The average molecular weight is 264 g/mol. The average Bonchev–Trinajstić information content (AvgIpc) is 2.68. The molecule has 0 spiro atoms. The van der Waals surface area contributed by atoms with Gasteiger partial charge in [0.1, 0.15) is 5.82 Å². The summed E-state index contributed by atoms with van der Waals surface area (Å²) in [4.78, 5) is 0. The van der Waals surface area contributed by atoms with Crippen molar-refractivity contribution in [1.82, 2.24) is 0 Å². The standard InChI is InChI=1S/C11H12ClF2NS/c12-9-3-8(13)4-10(14)11(9)15-5-7-1-2-16-6-7/h3-4,7,15H,1-2,5-6H2. The second-order valence-corrected chi connectivity index (χ2v) is 5.41. The van der Waals surface area contributed by atoms with Gasteiger partial charge in [0.15, 0.2) is 5.82 Å². The lowest BCUT2D eigenvalue weighted by Gasteiger charge is -2.13. The van der Waals surface area contributed by atoms with Gasteiger partial charge in [0.25, 0.3) is 0 Å². The van der Waals surface area contributed by atoms with Crippen molar-refractivity contribution in [2.24, 2.45) is 5.92 Å². The molecule has 1 N–H and O–H groups in total. The fourth-order valence-electron chi connectivity index (χ4n) is 1.70. The Kier molecular flexibility index (Phi) is 3.92. The maximum Gasteiger partial charge on any atom is 0.150 e. The first-order valence-corrected chi connectivity index (χ1v) is 6.66. The molecule has 5 heteroatoms. The van der Waals surface area contributed by atoms with E-state index in [-0.39, 0.29) is 10.7 Å². The molecule has 0 radical (unpaired) electrons. The highest BCUT2D eigenvalue weighted by atomic mass is 35.5. The molecule has 0 amide bonds. The Morgan fingerprint density at radius 1 is 1.44 bits per heavy atom. The Hall–Kier alpha value is -0.480. The number of rotatable bonds is 3. The molecular weight excluding hydrogens is 252 g/mol. The van der Waals surface area contributed by atoms with Gasteiger partial charge in [-0.25, -0.2) is 8.78 Å². The smallest absolute Gasteiger partial charge is 0.150 e. The molecule has 1 nitrogen and oxygen atoms in total. The van der Waals surface area contributed by atoms with E-state index in [9.17, 15) is 8.78 Å². The number of hydrogen-bond acceptors (Lipinski definition) is 2. The van der Waals surface area contributed by atoms with Crippen LogP contribution in [0.4, 0.5) is 14.5 Å². The van der Waals surface area contributed by atoms with Crippen LogP contribution in [-0.2, 0) is 0 Å². The highest BCUT2D eigenvalue weighted by molar-refractivity contribution is 7.99. The van der Waals surface area contributed by atoms with Crippen LogP contribution in [0.15, 0.2) is 12.1 Å². The van der Waals surface area contributed by atoms with Crippen LogP contribution in [0.25, 0.3) is 0 Å². The van der Waals surface area contributed by atoms with Gasteiger partial charge in [-0.15, -0.1) is 0 Å².